The highest BCUT2D eigenvalue weighted by atomic mass is 35.5. The van der Waals surface area contributed by atoms with Gasteiger partial charge in [-0.25, -0.2) is 4.98 Å². The van der Waals surface area contributed by atoms with Crippen LogP contribution >= 0.6 is 11.6 Å². The number of benzene rings is 1. The number of nitrogens with zero attached hydrogens (tertiary/aromatic N) is 1. The van der Waals surface area contributed by atoms with Gasteiger partial charge in [0.2, 0.25) is 0 Å². The molecule has 2 N–H and O–H groups in total. The summed E-state index contributed by atoms with van der Waals surface area (Å²) in [5.74, 6) is 1.12. The zero-order valence-electron chi connectivity index (χ0n) is 11.3. The Labute approximate surface area is 122 Å². The van der Waals surface area contributed by atoms with Gasteiger partial charge in [0.15, 0.2) is 6.61 Å². The molecule has 0 radical (unpaired) electrons. The molecule has 5 nitrogen and oxygen atoms in total. The molecule has 0 saturated carbocycles. The van der Waals surface area contributed by atoms with Crippen LogP contribution in [0.15, 0.2) is 30.6 Å². The maximum atomic E-state index is 11.8. The molecule has 0 fully saturated rings. The molecule has 0 aliphatic heterocycles. The molecule has 1 unspecified atom stereocenters. The van der Waals surface area contributed by atoms with Crippen molar-refractivity contribution in [1.82, 2.24) is 15.3 Å². The van der Waals surface area contributed by atoms with Crippen molar-refractivity contribution in [3.8, 4) is 5.75 Å². The molecular weight excluding hydrogens is 278 g/mol. The van der Waals surface area contributed by atoms with E-state index in [2.05, 4.69) is 15.3 Å². The summed E-state index contributed by atoms with van der Waals surface area (Å²) >= 11 is 5.92. The summed E-state index contributed by atoms with van der Waals surface area (Å²) in [6.45, 7) is 3.68. The van der Waals surface area contributed by atoms with Crippen molar-refractivity contribution >= 4 is 17.5 Å². The van der Waals surface area contributed by atoms with Crippen molar-refractivity contribution in [2.24, 2.45) is 0 Å². The third-order valence-corrected chi connectivity index (χ3v) is 3.23. The largest absolute Gasteiger partial charge is 0.484 e. The molecule has 1 atom stereocenters. The Balaban J connectivity index is 1.84. The van der Waals surface area contributed by atoms with Crippen molar-refractivity contribution in [3.05, 3.63) is 47.0 Å². The Hall–Kier alpha value is -2.01. The highest BCUT2D eigenvalue weighted by molar-refractivity contribution is 6.31. The molecule has 106 valence electrons. The Morgan fingerprint density at radius 2 is 2.35 bits per heavy atom. The Morgan fingerprint density at radius 3 is 3.00 bits per heavy atom. The number of halogens is 1. The molecule has 1 heterocycles. The molecule has 1 aromatic carbocycles. The topological polar surface area (TPSA) is 67.0 Å². The fraction of sp³-hybridized carbons (Fsp3) is 0.286. The second-order valence-corrected chi connectivity index (χ2v) is 4.87. The fourth-order valence-corrected chi connectivity index (χ4v) is 1.84. The Kier molecular flexibility index (Phi) is 4.63. The number of hydrogen-bond acceptors (Lipinski definition) is 3. The summed E-state index contributed by atoms with van der Waals surface area (Å²) in [7, 11) is 0. The zero-order chi connectivity index (χ0) is 14.5. The van der Waals surface area contributed by atoms with Crippen LogP contribution in [0.25, 0.3) is 0 Å². The molecule has 0 aliphatic carbocycles. The van der Waals surface area contributed by atoms with E-state index in [4.69, 9.17) is 16.3 Å². The van der Waals surface area contributed by atoms with Crippen LogP contribution in [-0.4, -0.2) is 22.5 Å². The maximum absolute atomic E-state index is 11.8. The second-order valence-electron chi connectivity index (χ2n) is 4.46. The van der Waals surface area contributed by atoms with Crippen molar-refractivity contribution < 1.29 is 9.53 Å². The molecule has 0 bridgehead atoms. The zero-order valence-corrected chi connectivity index (χ0v) is 12.1. The molecule has 0 aliphatic rings. The number of carbonyl (C=O) groups is 1. The van der Waals surface area contributed by atoms with Gasteiger partial charge in [-0.15, -0.1) is 0 Å². The normalized spacial score (nSPS) is 11.9. The van der Waals surface area contributed by atoms with E-state index in [-0.39, 0.29) is 18.6 Å². The minimum atomic E-state index is -0.207. The first-order valence-electron chi connectivity index (χ1n) is 6.24. The van der Waals surface area contributed by atoms with E-state index in [0.717, 1.165) is 5.56 Å². The first-order valence-corrected chi connectivity index (χ1v) is 6.61. The number of aromatic amines is 1. The number of rotatable bonds is 5. The predicted octanol–water partition coefficient (Wildman–Crippen LogP) is 2.63. The van der Waals surface area contributed by atoms with Gasteiger partial charge in [-0.2, -0.15) is 0 Å². The molecule has 1 aromatic heterocycles. The molecule has 1 amide bonds. The van der Waals surface area contributed by atoms with Crippen molar-refractivity contribution in [2.75, 3.05) is 6.61 Å². The lowest BCUT2D eigenvalue weighted by Gasteiger charge is -2.12. The van der Waals surface area contributed by atoms with E-state index in [0.29, 0.717) is 16.6 Å². The minimum absolute atomic E-state index is 0.0495. The second kappa shape index (κ2) is 6.43. The first-order chi connectivity index (χ1) is 9.56. The van der Waals surface area contributed by atoms with Gasteiger partial charge in [-0.05, 0) is 37.6 Å². The average molecular weight is 294 g/mol. The van der Waals surface area contributed by atoms with E-state index in [9.17, 15) is 4.79 Å². The van der Waals surface area contributed by atoms with E-state index < -0.39 is 0 Å². The highest BCUT2D eigenvalue weighted by Crippen LogP contribution is 2.20. The molecule has 0 saturated heterocycles. The van der Waals surface area contributed by atoms with E-state index in [1.165, 1.54) is 0 Å². The molecule has 20 heavy (non-hydrogen) atoms. The van der Waals surface area contributed by atoms with Gasteiger partial charge in [0.1, 0.15) is 11.6 Å². The SMILES string of the molecule is Cc1cc(OCC(=O)NC(C)c2ncc[nH]2)ccc1Cl. The standard InChI is InChI=1S/C14H16ClN3O2/c1-9-7-11(3-4-12(9)15)20-8-13(19)18-10(2)14-16-5-6-17-14/h3-7,10H,8H2,1-2H3,(H,16,17)(H,18,19). The van der Waals surface area contributed by atoms with Gasteiger partial charge in [-0.1, -0.05) is 11.6 Å². The smallest absolute Gasteiger partial charge is 0.258 e. The van der Waals surface area contributed by atoms with E-state index in [1.807, 2.05) is 13.8 Å². The number of nitrogens with one attached hydrogen (secondary N) is 2. The number of imidazole rings is 1. The number of aromatic nitrogens is 2. The number of ether oxygens (including phenoxy) is 1. The van der Waals surface area contributed by atoms with Crippen LogP contribution in [-0.2, 0) is 4.79 Å². The lowest BCUT2D eigenvalue weighted by atomic mass is 10.2. The summed E-state index contributed by atoms with van der Waals surface area (Å²) in [5, 5.41) is 3.47. The lowest BCUT2D eigenvalue weighted by Crippen LogP contribution is -2.31. The van der Waals surface area contributed by atoms with Gasteiger partial charge < -0.3 is 15.0 Å². The monoisotopic (exact) mass is 293 g/mol. The van der Waals surface area contributed by atoms with Crippen LogP contribution in [0.5, 0.6) is 5.75 Å². The number of amides is 1. The van der Waals surface area contributed by atoms with Crippen LogP contribution in [0.3, 0.4) is 0 Å². The molecule has 0 spiro atoms. The quantitative estimate of drug-likeness (QED) is 0.890. The molecular formula is C14H16ClN3O2. The molecule has 2 aromatic rings. The van der Waals surface area contributed by atoms with Crippen LogP contribution in [0.4, 0.5) is 0 Å². The minimum Gasteiger partial charge on any atom is -0.484 e. The lowest BCUT2D eigenvalue weighted by molar-refractivity contribution is -0.123. The van der Waals surface area contributed by atoms with E-state index in [1.54, 1.807) is 30.6 Å². The van der Waals surface area contributed by atoms with Crippen LogP contribution in [0.1, 0.15) is 24.4 Å². The number of aryl methyl sites for hydroxylation is 1. The highest BCUT2D eigenvalue weighted by Gasteiger charge is 2.11. The molecule has 6 heteroatoms. The van der Waals surface area contributed by atoms with Gasteiger partial charge >= 0.3 is 0 Å². The number of carbonyl (C=O) groups excluding carboxylic acids is 1. The third kappa shape index (κ3) is 3.74. The summed E-state index contributed by atoms with van der Waals surface area (Å²) < 4.78 is 5.42. The van der Waals surface area contributed by atoms with Crippen LogP contribution < -0.4 is 10.1 Å². The van der Waals surface area contributed by atoms with Crippen LogP contribution in [0, 0.1) is 6.92 Å². The fourth-order valence-electron chi connectivity index (χ4n) is 1.72. The van der Waals surface area contributed by atoms with Crippen molar-refractivity contribution in [1.29, 1.82) is 0 Å². The van der Waals surface area contributed by atoms with Crippen molar-refractivity contribution in [3.63, 3.8) is 0 Å². The average Bonchev–Trinajstić information content (AvgIpc) is 2.94. The van der Waals surface area contributed by atoms with Gasteiger partial charge in [0, 0.05) is 17.4 Å². The molecule has 2 rings (SSSR count). The maximum Gasteiger partial charge on any atom is 0.258 e. The van der Waals surface area contributed by atoms with Crippen molar-refractivity contribution in [2.45, 2.75) is 19.9 Å². The Morgan fingerprint density at radius 1 is 1.55 bits per heavy atom. The van der Waals surface area contributed by atoms with Gasteiger partial charge in [0.05, 0.1) is 6.04 Å². The number of hydrogen-bond donors (Lipinski definition) is 2. The summed E-state index contributed by atoms with van der Waals surface area (Å²) in [6, 6.07) is 5.09. The summed E-state index contributed by atoms with van der Waals surface area (Å²) in [4.78, 5) is 18.8. The van der Waals surface area contributed by atoms with Gasteiger partial charge in [-0.3, -0.25) is 4.79 Å². The number of H-pyrrole nitrogens is 1. The van der Waals surface area contributed by atoms with Gasteiger partial charge in [0.25, 0.3) is 5.91 Å². The third-order valence-electron chi connectivity index (χ3n) is 2.81. The Bertz CT molecular complexity index is 584. The predicted molar refractivity (Wildman–Crippen MR) is 76.8 cm³/mol. The summed E-state index contributed by atoms with van der Waals surface area (Å²) in [5.41, 5.74) is 0.911. The van der Waals surface area contributed by atoms with E-state index >= 15 is 0 Å². The summed E-state index contributed by atoms with van der Waals surface area (Å²) in [6.07, 6.45) is 3.36. The first kappa shape index (κ1) is 14.4. The van der Waals surface area contributed by atoms with Crippen LogP contribution in [0.2, 0.25) is 5.02 Å².